The Morgan fingerprint density at radius 2 is 2.08 bits per heavy atom. The van der Waals surface area contributed by atoms with E-state index in [1.165, 1.54) is 0 Å². The number of likely N-dealkylation sites (tertiary alicyclic amines) is 1. The van der Waals surface area contributed by atoms with Gasteiger partial charge in [0.2, 0.25) is 11.8 Å². The van der Waals surface area contributed by atoms with Gasteiger partial charge in [-0.1, -0.05) is 0 Å². The van der Waals surface area contributed by atoms with E-state index >= 15 is 0 Å². The number of aliphatic hydroxyl groups excluding tert-OH is 1. The first kappa shape index (κ1) is 15.9. The van der Waals surface area contributed by atoms with Crippen LogP contribution in [0.1, 0.15) is 57.3 Å². The number of aliphatic hydroxyl groups is 1. The highest BCUT2D eigenvalue weighted by molar-refractivity contribution is 5.77. The standard InChI is InChI=1S/C17H26N4O3/c1-12(22)10-21-11-17(5-4-14(21)23)6-8-20(9-7-17)16-18-15(24-19-16)13-2-3-13/h12-13,22H,2-11H2,1H3. The van der Waals surface area contributed by atoms with Gasteiger partial charge in [-0.25, -0.2) is 0 Å². The fraction of sp³-hybridized carbons (Fsp3) is 0.824. The third kappa shape index (κ3) is 3.14. The Morgan fingerprint density at radius 3 is 2.75 bits per heavy atom. The summed E-state index contributed by atoms with van der Waals surface area (Å²) in [5.41, 5.74) is 0.183. The van der Waals surface area contributed by atoms with Crippen LogP contribution in [0, 0.1) is 5.41 Å². The maximum absolute atomic E-state index is 12.1. The zero-order valence-corrected chi connectivity index (χ0v) is 14.3. The van der Waals surface area contributed by atoms with Crippen LogP contribution in [0.25, 0.3) is 0 Å². The summed E-state index contributed by atoms with van der Waals surface area (Å²) in [5, 5.41) is 13.8. The maximum atomic E-state index is 12.1. The van der Waals surface area contributed by atoms with Crippen molar-refractivity contribution in [3.05, 3.63) is 5.89 Å². The molecule has 1 N–H and O–H groups in total. The van der Waals surface area contributed by atoms with Crippen LogP contribution in [0.4, 0.5) is 5.95 Å². The summed E-state index contributed by atoms with van der Waals surface area (Å²) in [5.74, 6) is 2.17. The van der Waals surface area contributed by atoms with Crippen molar-refractivity contribution < 1.29 is 14.4 Å². The van der Waals surface area contributed by atoms with E-state index in [9.17, 15) is 9.90 Å². The number of piperidine rings is 2. The number of β-amino-alcohol motifs (C(OH)–C–C–N with tert-alkyl or cyclic N) is 1. The SMILES string of the molecule is CC(O)CN1CC2(CCC1=O)CCN(c1noc(C3CC3)n1)CC2. The van der Waals surface area contributed by atoms with Crippen molar-refractivity contribution >= 4 is 11.9 Å². The van der Waals surface area contributed by atoms with E-state index in [4.69, 9.17) is 4.52 Å². The fourth-order valence-corrected chi connectivity index (χ4v) is 4.03. The molecule has 1 aromatic rings. The van der Waals surface area contributed by atoms with Crippen molar-refractivity contribution in [1.29, 1.82) is 0 Å². The number of carbonyl (C=O) groups is 1. The van der Waals surface area contributed by atoms with E-state index in [1.54, 1.807) is 6.92 Å². The smallest absolute Gasteiger partial charge is 0.266 e. The lowest BCUT2D eigenvalue weighted by Crippen LogP contribution is -2.53. The number of amides is 1. The molecule has 1 atom stereocenters. The molecule has 1 spiro atoms. The van der Waals surface area contributed by atoms with Gasteiger partial charge in [-0.05, 0) is 49.6 Å². The van der Waals surface area contributed by atoms with E-state index in [-0.39, 0.29) is 11.3 Å². The molecule has 3 fully saturated rings. The molecular weight excluding hydrogens is 308 g/mol. The van der Waals surface area contributed by atoms with Crippen molar-refractivity contribution in [2.45, 2.75) is 57.5 Å². The molecule has 7 heteroatoms. The zero-order chi connectivity index (χ0) is 16.7. The zero-order valence-electron chi connectivity index (χ0n) is 14.3. The minimum atomic E-state index is -0.468. The van der Waals surface area contributed by atoms with E-state index in [0.29, 0.717) is 18.9 Å². The third-order valence-electron chi connectivity index (χ3n) is 5.70. The van der Waals surface area contributed by atoms with Gasteiger partial charge >= 0.3 is 0 Å². The molecule has 7 nitrogen and oxygen atoms in total. The molecule has 0 bridgehead atoms. The highest BCUT2D eigenvalue weighted by atomic mass is 16.5. The molecule has 0 aromatic carbocycles. The molecule has 1 amide bonds. The first-order chi connectivity index (χ1) is 11.5. The molecular formula is C17H26N4O3. The molecule has 24 heavy (non-hydrogen) atoms. The van der Waals surface area contributed by atoms with Gasteiger partial charge in [0.1, 0.15) is 0 Å². The third-order valence-corrected chi connectivity index (χ3v) is 5.70. The number of aromatic nitrogens is 2. The molecule has 1 saturated carbocycles. The normalized spacial score (nSPS) is 25.3. The van der Waals surface area contributed by atoms with Crippen molar-refractivity contribution in [3.63, 3.8) is 0 Å². The minimum absolute atomic E-state index is 0.177. The van der Waals surface area contributed by atoms with E-state index in [0.717, 1.165) is 63.6 Å². The van der Waals surface area contributed by atoms with Gasteiger partial charge in [-0.15, -0.1) is 0 Å². The van der Waals surface area contributed by atoms with Crippen molar-refractivity contribution in [2.24, 2.45) is 5.41 Å². The van der Waals surface area contributed by atoms with Crippen molar-refractivity contribution in [3.8, 4) is 0 Å². The van der Waals surface area contributed by atoms with Crippen molar-refractivity contribution in [1.82, 2.24) is 15.0 Å². The number of rotatable bonds is 4. The lowest BCUT2D eigenvalue weighted by Gasteiger charge is -2.47. The van der Waals surface area contributed by atoms with Gasteiger partial charge in [0.25, 0.3) is 5.95 Å². The number of nitrogens with zero attached hydrogens (tertiary/aromatic N) is 4. The topological polar surface area (TPSA) is 82.7 Å². The van der Waals surface area contributed by atoms with Gasteiger partial charge in [-0.3, -0.25) is 4.79 Å². The summed E-state index contributed by atoms with van der Waals surface area (Å²) < 4.78 is 5.37. The summed E-state index contributed by atoms with van der Waals surface area (Å²) in [6, 6.07) is 0. The molecule has 132 valence electrons. The number of hydrogen-bond acceptors (Lipinski definition) is 6. The molecule has 2 saturated heterocycles. The Labute approximate surface area is 142 Å². The molecule has 3 heterocycles. The second kappa shape index (κ2) is 6.02. The fourth-order valence-electron chi connectivity index (χ4n) is 4.03. The Hall–Kier alpha value is -1.63. The largest absolute Gasteiger partial charge is 0.392 e. The van der Waals surface area contributed by atoms with Crippen LogP contribution in [-0.4, -0.2) is 58.3 Å². The summed E-state index contributed by atoms with van der Waals surface area (Å²) in [6.07, 6.45) is 5.48. The van der Waals surface area contributed by atoms with Gasteiger partial charge in [-0.2, -0.15) is 4.98 Å². The number of anilines is 1. The van der Waals surface area contributed by atoms with E-state index < -0.39 is 6.10 Å². The second-order valence-electron chi connectivity index (χ2n) is 7.82. The highest BCUT2D eigenvalue weighted by Gasteiger charge is 2.42. The van der Waals surface area contributed by atoms with Gasteiger partial charge in [0.05, 0.1) is 6.10 Å². The molecule has 4 rings (SSSR count). The van der Waals surface area contributed by atoms with Crippen LogP contribution in [-0.2, 0) is 4.79 Å². The number of carbonyl (C=O) groups excluding carboxylic acids is 1. The maximum Gasteiger partial charge on any atom is 0.266 e. The van der Waals surface area contributed by atoms with Gasteiger partial charge < -0.3 is 19.4 Å². The summed E-state index contributed by atoms with van der Waals surface area (Å²) in [7, 11) is 0. The predicted octanol–water partition coefficient (Wildman–Crippen LogP) is 1.54. The quantitative estimate of drug-likeness (QED) is 0.899. The van der Waals surface area contributed by atoms with Crippen LogP contribution in [0.15, 0.2) is 4.52 Å². The Morgan fingerprint density at radius 1 is 1.33 bits per heavy atom. The van der Waals surface area contributed by atoms with E-state index in [2.05, 4.69) is 15.0 Å². The first-order valence-corrected chi connectivity index (χ1v) is 9.09. The second-order valence-corrected chi connectivity index (χ2v) is 7.82. The average Bonchev–Trinajstić information content (AvgIpc) is 3.29. The summed E-state index contributed by atoms with van der Waals surface area (Å²) in [4.78, 5) is 20.7. The minimum Gasteiger partial charge on any atom is -0.392 e. The van der Waals surface area contributed by atoms with Crippen LogP contribution in [0.2, 0.25) is 0 Å². The monoisotopic (exact) mass is 334 g/mol. The molecule has 1 aliphatic carbocycles. The summed E-state index contributed by atoms with van der Waals surface area (Å²) in [6.45, 7) is 4.76. The Balaban J connectivity index is 1.38. The lowest BCUT2D eigenvalue weighted by atomic mass is 9.72. The average molecular weight is 334 g/mol. The highest BCUT2D eigenvalue weighted by Crippen LogP contribution is 2.42. The summed E-state index contributed by atoms with van der Waals surface area (Å²) >= 11 is 0. The molecule has 1 unspecified atom stereocenters. The van der Waals surface area contributed by atoms with Crippen LogP contribution < -0.4 is 4.90 Å². The van der Waals surface area contributed by atoms with Gasteiger partial charge in [0, 0.05) is 38.5 Å². The van der Waals surface area contributed by atoms with Crippen molar-refractivity contribution in [2.75, 3.05) is 31.1 Å². The first-order valence-electron chi connectivity index (χ1n) is 9.09. The van der Waals surface area contributed by atoms with Crippen LogP contribution in [0.3, 0.4) is 0 Å². The number of hydrogen-bond donors (Lipinski definition) is 1. The molecule has 2 aliphatic heterocycles. The molecule has 1 aromatic heterocycles. The van der Waals surface area contributed by atoms with E-state index in [1.807, 2.05) is 4.90 Å². The predicted molar refractivity (Wildman–Crippen MR) is 87.6 cm³/mol. The van der Waals surface area contributed by atoms with Crippen LogP contribution >= 0.6 is 0 Å². The molecule has 0 radical (unpaired) electrons. The molecule has 3 aliphatic rings. The Bertz CT molecular complexity index is 603. The Kier molecular flexibility index (Phi) is 3.98. The van der Waals surface area contributed by atoms with Gasteiger partial charge in [0.15, 0.2) is 0 Å². The lowest BCUT2D eigenvalue weighted by molar-refractivity contribution is -0.139. The van der Waals surface area contributed by atoms with Crippen LogP contribution in [0.5, 0.6) is 0 Å².